The monoisotopic (exact) mass is 507 g/mol. The van der Waals surface area contributed by atoms with Crippen molar-refractivity contribution in [1.82, 2.24) is 19.5 Å². The van der Waals surface area contributed by atoms with Crippen LogP contribution in [0.15, 0.2) is 18.3 Å². The third kappa shape index (κ3) is 4.62. The first kappa shape index (κ1) is 23.1. The van der Waals surface area contributed by atoms with E-state index in [1.54, 1.807) is 6.20 Å². The number of aromatic nitrogens is 4. The van der Waals surface area contributed by atoms with E-state index < -0.39 is 5.82 Å². The third-order valence-corrected chi connectivity index (χ3v) is 7.00. The average Bonchev–Trinajstić information content (AvgIpc) is 3.43. The van der Waals surface area contributed by atoms with E-state index in [0.717, 1.165) is 19.3 Å². The van der Waals surface area contributed by atoms with Crippen molar-refractivity contribution in [3.63, 3.8) is 0 Å². The number of carbonyl (C=O) groups excluding carboxylic acids is 1. The van der Waals surface area contributed by atoms with E-state index in [1.165, 1.54) is 12.1 Å². The Bertz CT molecular complexity index is 1200. The van der Waals surface area contributed by atoms with Gasteiger partial charge in [-0.05, 0) is 44.2 Å². The highest BCUT2D eigenvalue weighted by Gasteiger charge is 2.29. The summed E-state index contributed by atoms with van der Waals surface area (Å²) in [4.78, 5) is 25.5. The quantitative estimate of drug-likeness (QED) is 0.451. The number of hydrogen-bond donors (Lipinski definition) is 3. The molecule has 4 N–H and O–H groups in total. The van der Waals surface area contributed by atoms with E-state index >= 15 is 0 Å². The summed E-state index contributed by atoms with van der Waals surface area (Å²) in [5.41, 5.74) is 7.10. The van der Waals surface area contributed by atoms with E-state index in [9.17, 15) is 9.18 Å². The molecule has 1 amide bonds. The molecule has 34 heavy (non-hydrogen) atoms. The van der Waals surface area contributed by atoms with Crippen LogP contribution in [-0.4, -0.2) is 44.7 Å². The molecule has 9 nitrogen and oxygen atoms in total. The molecule has 1 atom stereocenters. The molecule has 5 rings (SSSR count). The number of rotatable bonds is 6. The molecule has 3 aromatic rings. The summed E-state index contributed by atoms with van der Waals surface area (Å²) in [6, 6.07) is 2.53. The van der Waals surface area contributed by atoms with Crippen molar-refractivity contribution >= 4 is 57.9 Å². The van der Waals surface area contributed by atoms with E-state index in [-0.39, 0.29) is 34.0 Å². The molecule has 1 aromatic carbocycles. The summed E-state index contributed by atoms with van der Waals surface area (Å²) in [6.45, 7) is 1.31. The number of hydrogen-bond acceptors (Lipinski definition) is 7. The number of nitrogens with two attached hydrogens (primary N) is 1. The number of amides is 1. The van der Waals surface area contributed by atoms with Gasteiger partial charge >= 0.3 is 0 Å². The minimum Gasteiger partial charge on any atom is -0.379 e. The standard InChI is InChI=1S/C22H24Cl2FN7O2/c23-15-7-12(25)8-16(24)18(15)30-22-29-17-9-27-21(28-13-5-6-34-10-13)31-20(17)32(22)14-3-1-11(2-4-14)19(26)33/h7-9,11,13-14H,1-6,10H2,(H2,26,33)(H,29,30)(H,27,28,31)/t11?,13-,14?/m1/s1. The number of fused-ring (bicyclic) bond motifs is 1. The van der Waals surface area contributed by atoms with E-state index in [2.05, 4.69) is 20.6 Å². The van der Waals surface area contributed by atoms with Gasteiger partial charge in [-0.1, -0.05) is 23.2 Å². The molecular formula is C22H24Cl2FN7O2. The van der Waals surface area contributed by atoms with Crippen molar-refractivity contribution < 1.29 is 13.9 Å². The zero-order valence-electron chi connectivity index (χ0n) is 18.2. The van der Waals surface area contributed by atoms with Gasteiger partial charge in [0.1, 0.15) is 11.3 Å². The Morgan fingerprint density at radius 1 is 1.15 bits per heavy atom. The molecule has 0 spiro atoms. The lowest BCUT2D eigenvalue weighted by atomic mass is 9.85. The van der Waals surface area contributed by atoms with Crippen LogP contribution in [0.4, 0.5) is 22.0 Å². The second-order valence-electron chi connectivity index (χ2n) is 8.69. The summed E-state index contributed by atoms with van der Waals surface area (Å²) in [5.74, 6) is 0.00154. The van der Waals surface area contributed by atoms with Gasteiger partial charge in [0.2, 0.25) is 17.8 Å². The van der Waals surface area contributed by atoms with Gasteiger partial charge in [0.15, 0.2) is 5.65 Å². The number of carbonyl (C=O) groups is 1. The normalized spacial score (nSPS) is 22.7. The number of primary amides is 1. The molecule has 2 fully saturated rings. The van der Waals surface area contributed by atoms with Gasteiger partial charge in [0.25, 0.3) is 0 Å². The molecule has 2 aliphatic rings. The first-order chi connectivity index (χ1) is 16.4. The van der Waals surface area contributed by atoms with Gasteiger partial charge in [-0.3, -0.25) is 9.36 Å². The van der Waals surface area contributed by atoms with Crippen LogP contribution < -0.4 is 16.4 Å². The van der Waals surface area contributed by atoms with Gasteiger partial charge in [-0.15, -0.1) is 0 Å². The van der Waals surface area contributed by atoms with Crippen LogP contribution in [-0.2, 0) is 9.53 Å². The Hall–Kier alpha value is -2.69. The largest absolute Gasteiger partial charge is 0.379 e. The van der Waals surface area contributed by atoms with Crippen molar-refractivity contribution in [3.8, 4) is 0 Å². The molecule has 2 aromatic heterocycles. The summed E-state index contributed by atoms with van der Waals surface area (Å²) in [6.07, 6.45) is 5.33. The van der Waals surface area contributed by atoms with Gasteiger partial charge in [-0.25, -0.2) is 14.4 Å². The van der Waals surface area contributed by atoms with Crippen LogP contribution in [0.2, 0.25) is 10.0 Å². The maximum absolute atomic E-state index is 13.7. The molecule has 0 bridgehead atoms. The minimum atomic E-state index is -0.531. The summed E-state index contributed by atoms with van der Waals surface area (Å²) in [5, 5.41) is 6.76. The zero-order valence-corrected chi connectivity index (χ0v) is 19.7. The molecule has 180 valence electrons. The lowest BCUT2D eigenvalue weighted by molar-refractivity contribution is -0.122. The second kappa shape index (κ2) is 9.52. The van der Waals surface area contributed by atoms with Crippen molar-refractivity contribution in [3.05, 3.63) is 34.2 Å². The number of ether oxygens (including phenoxy) is 1. The Labute approximate surface area is 205 Å². The molecule has 12 heteroatoms. The van der Waals surface area contributed by atoms with E-state index in [0.29, 0.717) is 54.8 Å². The zero-order chi connectivity index (χ0) is 23.8. The van der Waals surface area contributed by atoms with Crippen LogP contribution in [0.25, 0.3) is 11.2 Å². The SMILES string of the molecule is NC(=O)C1CCC(n2c(Nc3c(Cl)cc(F)cc3Cl)nc3cnc(N[C@@H]4CCOC4)nc32)CC1. The lowest BCUT2D eigenvalue weighted by Gasteiger charge is -2.29. The van der Waals surface area contributed by atoms with Crippen LogP contribution in [0, 0.1) is 11.7 Å². The van der Waals surface area contributed by atoms with E-state index in [4.69, 9.17) is 38.7 Å². The summed E-state index contributed by atoms with van der Waals surface area (Å²) in [7, 11) is 0. The smallest absolute Gasteiger partial charge is 0.225 e. The number of benzene rings is 1. The van der Waals surface area contributed by atoms with Crippen molar-refractivity contribution in [1.29, 1.82) is 0 Å². The van der Waals surface area contributed by atoms with Crippen LogP contribution >= 0.6 is 23.2 Å². The molecule has 1 saturated carbocycles. The highest BCUT2D eigenvalue weighted by atomic mass is 35.5. The third-order valence-electron chi connectivity index (χ3n) is 6.40. The molecular weight excluding hydrogens is 484 g/mol. The number of nitrogens with one attached hydrogen (secondary N) is 2. The molecule has 1 aliphatic heterocycles. The van der Waals surface area contributed by atoms with Crippen LogP contribution in [0.3, 0.4) is 0 Å². The first-order valence-corrected chi connectivity index (χ1v) is 11.9. The predicted molar refractivity (Wildman–Crippen MR) is 128 cm³/mol. The molecule has 0 unspecified atom stereocenters. The van der Waals surface area contributed by atoms with E-state index in [1.807, 2.05) is 4.57 Å². The predicted octanol–water partition coefficient (Wildman–Crippen LogP) is 4.43. The van der Waals surface area contributed by atoms with Crippen LogP contribution in [0.5, 0.6) is 0 Å². The second-order valence-corrected chi connectivity index (χ2v) is 9.50. The fourth-order valence-corrected chi connectivity index (χ4v) is 5.17. The highest BCUT2D eigenvalue weighted by molar-refractivity contribution is 6.39. The fourth-order valence-electron chi connectivity index (χ4n) is 4.62. The molecule has 1 aliphatic carbocycles. The Kier molecular flexibility index (Phi) is 6.46. The van der Waals surface area contributed by atoms with Crippen molar-refractivity contribution in [2.45, 2.75) is 44.2 Å². The Morgan fingerprint density at radius 3 is 2.53 bits per heavy atom. The topological polar surface area (TPSA) is 120 Å². The molecule has 3 heterocycles. The number of imidazole rings is 1. The Balaban J connectivity index is 1.54. The maximum Gasteiger partial charge on any atom is 0.225 e. The van der Waals surface area contributed by atoms with Crippen molar-refractivity contribution in [2.75, 3.05) is 23.8 Å². The van der Waals surface area contributed by atoms with Gasteiger partial charge in [0.05, 0.1) is 34.6 Å². The van der Waals surface area contributed by atoms with Gasteiger partial charge in [0, 0.05) is 18.6 Å². The van der Waals surface area contributed by atoms with Gasteiger partial charge < -0.3 is 21.1 Å². The number of nitrogens with zero attached hydrogens (tertiary/aromatic N) is 4. The lowest BCUT2D eigenvalue weighted by Crippen LogP contribution is -2.29. The maximum atomic E-state index is 13.7. The van der Waals surface area contributed by atoms with Crippen molar-refractivity contribution in [2.24, 2.45) is 11.7 Å². The van der Waals surface area contributed by atoms with Crippen LogP contribution in [0.1, 0.15) is 38.1 Å². The highest BCUT2D eigenvalue weighted by Crippen LogP contribution is 2.39. The summed E-state index contributed by atoms with van der Waals surface area (Å²) >= 11 is 12.5. The average molecular weight is 508 g/mol. The Morgan fingerprint density at radius 2 is 1.88 bits per heavy atom. The number of halogens is 3. The minimum absolute atomic E-state index is 0.0127. The first-order valence-electron chi connectivity index (χ1n) is 11.2. The fraction of sp³-hybridized carbons (Fsp3) is 0.455. The van der Waals surface area contributed by atoms with Gasteiger partial charge in [-0.2, -0.15) is 4.98 Å². The molecule has 1 saturated heterocycles. The molecule has 0 radical (unpaired) electrons. The summed E-state index contributed by atoms with van der Waals surface area (Å²) < 4.78 is 21.1. The number of anilines is 3.